The molecular weight excluding hydrogens is 340 g/mol. The van der Waals surface area contributed by atoms with Gasteiger partial charge in [0.25, 0.3) is 12.9 Å². The van der Waals surface area contributed by atoms with Gasteiger partial charge in [-0.15, -0.1) is 0 Å². The molecule has 9 heteroatoms. The average Bonchev–Trinajstić information content (AvgIpc) is 2.88. The molecule has 0 atom stereocenters. The molecule has 0 saturated carbocycles. The molecule has 0 aliphatic heterocycles. The Morgan fingerprint density at radius 3 is 2.52 bits per heavy atom. The summed E-state index contributed by atoms with van der Waals surface area (Å²) in [5, 5.41) is 3.68. The third-order valence-corrected chi connectivity index (χ3v) is 3.13. The van der Waals surface area contributed by atoms with Crippen molar-refractivity contribution in [1.29, 1.82) is 0 Å². The van der Waals surface area contributed by atoms with Crippen molar-refractivity contribution in [3.8, 4) is 5.69 Å². The van der Waals surface area contributed by atoms with Gasteiger partial charge in [0.2, 0.25) is 0 Å². The normalized spacial score (nSPS) is 11.3. The van der Waals surface area contributed by atoms with Crippen LogP contribution < -0.4 is 0 Å². The van der Waals surface area contributed by atoms with E-state index < -0.39 is 35.8 Å². The van der Waals surface area contributed by atoms with Crippen LogP contribution >= 0.6 is 11.6 Å². The smallest absolute Gasteiger partial charge is 0.342 e. The Morgan fingerprint density at radius 2 is 2.00 bits per heavy atom. The molecule has 0 saturated heterocycles. The first-order valence-corrected chi connectivity index (χ1v) is 6.86. The molecule has 4 nitrogen and oxygen atoms in total. The van der Waals surface area contributed by atoms with E-state index in [1.165, 1.54) is 31.2 Å². The van der Waals surface area contributed by atoms with Crippen LogP contribution in [0.1, 0.15) is 41.5 Å². The Balaban J connectivity index is 2.72. The summed E-state index contributed by atoms with van der Waals surface area (Å²) in [6.45, 7) is 1.29. The fourth-order valence-electron chi connectivity index (χ4n) is 2.02. The predicted octanol–water partition coefficient (Wildman–Crippen LogP) is 4.58. The van der Waals surface area contributed by atoms with Crippen molar-refractivity contribution in [3.63, 3.8) is 0 Å². The summed E-state index contributed by atoms with van der Waals surface area (Å²) in [5.74, 6) is -1.27. The van der Waals surface area contributed by atoms with Crippen LogP contribution in [0.3, 0.4) is 0 Å². The summed E-state index contributed by atoms with van der Waals surface area (Å²) < 4.78 is 58.2. The van der Waals surface area contributed by atoms with Crippen molar-refractivity contribution in [2.45, 2.75) is 19.8 Å². The maximum Gasteiger partial charge on any atom is 0.342 e. The first-order valence-electron chi connectivity index (χ1n) is 6.49. The molecule has 0 N–H and O–H groups in total. The van der Waals surface area contributed by atoms with Crippen molar-refractivity contribution >= 4 is 17.6 Å². The molecule has 0 unspecified atom stereocenters. The highest BCUT2D eigenvalue weighted by Crippen LogP contribution is 2.33. The highest BCUT2D eigenvalue weighted by Gasteiger charge is 2.34. The first-order chi connectivity index (χ1) is 10.9. The zero-order chi connectivity index (χ0) is 17.1. The van der Waals surface area contributed by atoms with Gasteiger partial charge in [-0.2, -0.15) is 5.10 Å². The number of aromatic nitrogens is 2. The molecule has 2 aromatic rings. The molecule has 0 radical (unpaired) electrons. The second kappa shape index (κ2) is 6.99. The van der Waals surface area contributed by atoms with Gasteiger partial charge in [-0.3, -0.25) is 0 Å². The van der Waals surface area contributed by atoms with Crippen LogP contribution in [-0.2, 0) is 4.74 Å². The second-order valence-electron chi connectivity index (χ2n) is 4.36. The van der Waals surface area contributed by atoms with Crippen molar-refractivity contribution in [2.75, 3.05) is 6.61 Å². The zero-order valence-corrected chi connectivity index (χ0v) is 12.5. The minimum Gasteiger partial charge on any atom is -0.462 e. The molecule has 0 fully saturated rings. The molecule has 124 valence electrons. The van der Waals surface area contributed by atoms with Crippen LogP contribution in [0.5, 0.6) is 0 Å². The molecule has 1 heterocycles. The third kappa shape index (κ3) is 3.47. The van der Waals surface area contributed by atoms with Gasteiger partial charge in [-0.05, 0) is 25.1 Å². The highest BCUT2D eigenvalue weighted by atomic mass is 35.5. The third-order valence-electron chi connectivity index (χ3n) is 2.89. The minimum atomic E-state index is -3.22. The summed E-state index contributed by atoms with van der Waals surface area (Å²) in [7, 11) is 0. The maximum atomic E-state index is 13.4. The zero-order valence-electron chi connectivity index (χ0n) is 11.8. The Kier molecular flexibility index (Phi) is 5.25. The lowest BCUT2D eigenvalue weighted by Crippen LogP contribution is -2.11. The fourth-order valence-corrected chi connectivity index (χ4v) is 2.20. The molecule has 0 bridgehead atoms. The number of alkyl halides is 4. The molecule has 1 aromatic carbocycles. The number of carbonyl (C=O) groups is 1. The van der Waals surface area contributed by atoms with Gasteiger partial charge in [0.15, 0.2) is 0 Å². The van der Waals surface area contributed by atoms with Crippen LogP contribution in [0.15, 0.2) is 24.3 Å². The molecule has 0 aliphatic rings. The standard InChI is InChI=1S/C14H11ClF4N2O2/c1-2-23-14(22)9-10(12(16)17)20-21(11(9)13(18)19)8-5-3-4-7(15)6-8/h3-6,12-13H,2H2,1H3. The Morgan fingerprint density at radius 1 is 1.30 bits per heavy atom. The van der Waals surface area contributed by atoms with Gasteiger partial charge in [0.05, 0.1) is 12.3 Å². The molecule has 0 aliphatic carbocycles. The van der Waals surface area contributed by atoms with E-state index >= 15 is 0 Å². The summed E-state index contributed by atoms with van der Waals surface area (Å²) >= 11 is 5.78. The summed E-state index contributed by atoms with van der Waals surface area (Å²) in [6, 6.07) is 5.55. The number of hydrogen-bond acceptors (Lipinski definition) is 3. The van der Waals surface area contributed by atoms with Gasteiger partial charge >= 0.3 is 5.97 Å². The second-order valence-corrected chi connectivity index (χ2v) is 4.80. The molecule has 1 aromatic heterocycles. The Bertz CT molecular complexity index is 719. The average molecular weight is 351 g/mol. The molecule has 2 rings (SSSR count). The number of ether oxygens (including phenoxy) is 1. The van der Waals surface area contributed by atoms with Gasteiger partial charge < -0.3 is 4.74 Å². The largest absolute Gasteiger partial charge is 0.462 e. The van der Waals surface area contributed by atoms with E-state index in [9.17, 15) is 22.4 Å². The summed E-state index contributed by atoms with van der Waals surface area (Å²) in [4.78, 5) is 11.8. The molecular formula is C14H11ClF4N2O2. The number of rotatable bonds is 5. The highest BCUT2D eigenvalue weighted by molar-refractivity contribution is 6.30. The van der Waals surface area contributed by atoms with E-state index in [2.05, 4.69) is 9.84 Å². The number of nitrogens with zero attached hydrogens (tertiary/aromatic N) is 2. The van der Waals surface area contributed by atoms with E-state index in [1.54, 1.807) is 0 Å². The number of halogens is 5. The van der Waals surface area contributed by atoms with Crippen molar-refractivity contribution in [2.24, 2.45) is 0 Å². The number of carbonyl (C=O) groups excluding carboxylic acids is 1. The predicted molar refractivity (Wildman–Crippen MR) is 74.4 cm³/mol. The number of esters is 1. The SMILES string of the molecule is CCOC(=O)c1c(C(F)F)nn(-c2cccc(Cl)c2)c1C(F)F. The number of benzene rings is 1. The van der Waals surface area contributed by atoms with Crippen LogP contribution in [0.2, 0.25) is 5.02 Å². The monoisotopic (exact) mass is 350 g/mol. The first kappa shape index (κ1) is 17.3. The van der Waals surface area contributed by atoms with Gasteiger partial charge in [-0.25, -0.2) is 27.0 Å². The quantitative estimate of drug-likeness (QED) is 0.585. The summed E-state index contributed by atoms with van der Waals surface area (Å²) in [5.41, 5.74) is -2.90. The summed E-state index contributed by atoms with van der Waals surface area (Å²) in [6.07, 6.45) is -6.43. The van der Waals surface area contributed by atoms with E-state index in [0.717, 1.165) is 0 Å². The van der Waals surface area contributed by atoms with E-state index in [1.807, 2.05) is 0 Å². The van der Waals surface area contributed by atoms with E-state index in [4.69, 9.17) is 11.6 Å². The van der Waals surface area contributed by atoms with Crippen molar-refractivity contribution < 1.29 is 27.1 Å². The Hall–Kier alpha value is -2.09. The number of hydrogen-bond donors (Lipinski definition) is 0. The lowest BCUT2D eigenvalue weighted by Gasteiger charge is -2.09. The molecule has 23 heavy (non-hydrogen) atoms. The van der Waals surface area contributed by atoms with Crippen LogP contribution in [0, 0.1) is 0 Å². The van der Waals surface area contributed by atoms with E-state index in [-0.39, 0.29) is 17.3 Å². The van der Waals surface area contributed by atoms with Crippen molar-refractivity contribution in [3.05, 3.63) is 46.2 Å². The minimum absolute atomic E-state index is 0.0326. The van der Waals surface area contributed by atoms with Gasteiger partial charge in [0.1, 0.15) is 17.0 Å². The van der Waals surface area contributed by atoms with Crippen molar-refractivity contribution in [1.82, 2.24) is 9.78 Å². The molecule has 0 amide bonds. The maximum absolute atomic E-state index is 13.4. The lowest BCUT2D eigenvalue weighted by molar-refractivity contribution is 0.0503. The fraction of sp³-hybridized carbons (Fsp3) is 0.286. The van der Waals surface area contributed by atoms with E-state index in [0.29, 0.717) is 4.68 Å². The lowest BCUT2D eigenvalue weighted by atomic mass is 10.1. The Labute approximate surface area is 133 Å². The van der Waals surface area contributed by atoms with Crippen LogP contribution in [0.25, 0.3) is 5.69 Å². The van der Waals surface area contributed by atoms with Gasteiger partial charge in [0, 0.05) is 5.02 Å². The molecule has 0 spiro atoms. The van der Waals surface area contributed by atoms with Gasteiger partial charge in [-0.1, -0.05) is 17.7 Å². The topological polar surface area (TPSA) is 44.1 Å². The van der Waals surface area contributed by atoms with Crippen LogP contribution in [0.4, 0.5) is 17.6 Å². The van der Waals surface area contributed by atoms with Crippen LogP contribution in [-0.4, -0.2) is 22.4 Å².